The van der Waals surface area contributed by atoms with Crippen molar-refractivity contribution in [3.63, 3.8) is 0 Å². The SMILES string of the molecule is C=C(/C=C(/CN(C)C)c1c(C)cnc2c(=O)n(OCOCC[Si](C)(C)C)c(C)cc12)Cc1ccc(F)cc1. The van der Waals surface area contributed by atoms with E-state index in [9.17, 15) is 9.18 Å². The van der Waals surface area contributed by atoms with Crippen LogP contribution in [0.2, 0.25) is 25.7 Å². The van der Waals surface area contributed by atoms with Gasteiger partial charge >= 0.3 is 5.56 Å². The molecule has 2 aromatic heterocycles. The summed E-state index contributed by atoms with van der Waals surface area (Å²) in [5.41, 5.74) is 5.52. The molecule has 0 aliphatic carbocycles. The lowest BCUT2D eigenvalue weighted by Crippen LogP contribution is -2.31. The molecule has 0 aliphatic heterocycles. The van der Waals surface area contributed by atoms with E-state index in [0.717, 1.165) is 39.3 Å². The molecule has 0 radical (unpaired) electrons. The van der Waals surface area contributed by atoms with Gasteiger partial charge in [0.1, 0.15) is 11.3 Å². The standard InChI is InChI=1S/C30H40FN3O3Si/c1-21(15-24-9-11-26(31)12-10-24)16-25(19-33(4)5)28-22(2)18-32-29-27(28)17-23(3)34(30(29)35)37-20-36-13-14-38(6,7)8/h9-12,16-18H,1,13-15,19-20H2,2-8H3/b25-16-. The van der Waals surface area contributed by atoms with Gasteiger partial charge in [0.15, 0.2) is 0 Å². The van der Waals surface area contributed by atoms with Crippen LogP contribution in [0.1, 0.15) is 22.4 Å². The summed E-state index contributed by atoms with van der Waals surface area (Å²) in [7, 11) is 2.80. The molecular weight excluding hydrogens is 497 g/mol. The van der Waals surface area contributed by atoms with E-state index >= 15 is 0 Å². The predicted molar refractivity (Wildman–Crippen MR) is 157 cm³/mol. The van der Waals surface area contributed by atoms with E-state index in [0.29, 0.717) is 30.8 Å². The smallest absolute Gasteiger partial charge is 0.309 e. The highest BCUT2D eigenvalue weighted by molar-refractivity contribution is 6.76. The Hall–Kier alpha value is -3.07. The van der Waals surface area contributed by atoms with Gasteiger partial charge < -0.3 is 14.5 Å². The fraction of sp³-hybridized carbons (Fsp3) is 0.400. The molecule has 0 N–H and O–H groups in total. The Morgan fingerprint density at radius 3 is 2.50 bits per heavy atom. The Morgan fingerprint density at radius 2 is 1.87 bits per heavy atom. The first-order valence-corrected chi connectivity index (χ1v) is 16.6. The summed E-state index contributed by atoms with van der Waals surface area (Å²) >= 11 is 0. The van der Waals surface area contributed by atoms with Crippen molar-refractivity contribution in [3.8, 4) is 0 Å². The summed E-state index contributed by atoms with van der Waals surface area (Å²) in [4.78, 5) is 25.7. The van der Waals surface area contributed by atoms with Gasteiger partial charge in [0.25, 0.3) is 0 Å². The van der Waals surface area contributed by atoms with Gasteiger partial charge in [-0.1, -0.05) is 50.0 Å². The number of fused-ring (bicyclic) bond motifs is 1. The second-order valence-corrected chi connectivity index (χ2v) is 16.9. The van der Waals surface area contributed by atoms with Crippen LogP contribution < -0.4 is 10.4 Å². The monoisotopic (exact) mass is 537 g/mol. The number of aryl methyl sites for hydroxylation is 2. The fourth-order valence-electron chi connectivity index (χ4n) is 4.27. The Kier molecular flexibility index (Phi) is 9.81. The second kappa shape index (κ2) is 12.6. The number of likely N-dealkylation sites (N-methyl/N-ethyl adjacent to an activating group) is 1. The highest BCUT2D eigenvalue weighted by atomic mass is 28.3. The normalized spacial score (nSPS) is 12.4. The van der Waals surface area contributed by atoms with Crippen LogP contribution in [-0.2, 0) is 11.2 Å². The van der Waals surface area contributed by atoms with Crippen molar-refractivity contribution in [2.75, 3.05) is 34.0 Å². The summed E-state index contributed by atoms with van der Waals surface area (Å²) in [5, 5.41) is 0.773. The number of benzene rings is 1. The quantitative estimate of drug-likeness (QED) is 0.130. The predicted octanol–water partition coefficient (Wildman–Crippen LogP) is 5.64. The Morgan fingerprint density at radius 1 is 1.18 bits per heavy atom. The average Bonchev–Trinajstić information content (AvgIpc) is 2.80. The first-order valence-electron chi connectivity index (χ1n) is 12.9. The molecule has 0 aliphatic rings. The van der Waals surface area contributed by atoms with Crippen LogP contribution in [0.5, 0.6) is 0 Å². The van der Waals surface area contributed by atoms with Crippen molar-refractivity contribution < 1.29 is 14.0 Å². The molecule has 3 aromatic rings. The lowest BCUT2D eigenvalue weighted by molar-refractivity contribution is -0.0605. The summed E-state index contributed by atoms with van der Waals surface area (Å²) < 4.78 is 20.3. The maximum Gasteiger partial charge on any atom is 0.309 e. The molecular formula is C30H40FN3O3Si. The molecule has 204 valence electrons. The van der Waals surface area contributed by atoms with E-state index in [4.69, 9.17) is 9.57 Å². The van der Waals surface area contributed by atoms with Crippen LogP contribution in [0.15, 0.2) is 59.6 Å². The first kappa shape index (κ1) is 29.5. The third-order valence-corrected chi connectivity index (χ3v) is 7.86. The molecule has 1 aromatic carbocycles. The molecule has 2 heterocycles. The third kappa shape index (κ3) is 7.96. The van der Waals surface area contributed by atoms with Crippen LogP contribution in [0, 0.1) is 19.7 Å². The Balaban J connectivity index is 1.96. The van der Waals surface area contributed by atoms with Crippen molar-refractivity contribution >= 4 is 24.5 Å². The van der Waals surface area contributed by atoms with Gasteiger partial charge in [-0.2, -0.15) is 0 Å². The van der Waals surface area contributed by atoms with E-state index in [1.807, 2.05) is 34.0 Å². The van der Waals surface area contributed by atoms with Crippen LogP contribution in [0.4, 0.5) is 4.39 Å². The van der Waals surface area contributed by atoms with E-state index in [-0.39, 0.29) is 18.2 Å². The van der Waals surface area contributed by atoms with Gasteiger partial charge in [-0.3, -0.25) is 4.79 Å². The van der Waals surface area contributed by atoms with Gasteiger partial charge in [0.2, 0.25) is 6.79 Å². The highest BCUT2D eigenvalue weighted by Crippen LogP contribution is 2.28. The summed E-state index contributed by atoms with van der Waals surface area (Å²) in [6, 6.07) is 9.43. The molecule has 6 nitrogen and oxygen atoms in total. The zero-order chi connectivity index (χ0) is 28.0. The lowest BCUT2D eigenvalue weighted by atomic mass is 9.94. The van der Waals surface area contributed by atoms with Crippen molar-refractivity contribution in [3.05, 3.63) is 93.3 Å². The number of aromatic nitrogens is 2. The summed E-state index contributed by atoms with van der Waals surface area (Å²) in [6.07, 6.45) is 4.39. The van der Waals surface area contributed by atoms with Gasteiger partial charge in [-0.15, -0.1) is 4.73 Å². The van der Waals surface area contributed by atoms with E-state index in [1.165, 1.54) is 16.9 Å². The molecule has 0 spiro atoms. The van der Waals surface area contributed by atoms with Crippen LogP contribution in [-0.4, -0.2) is 56.7 Å². The molecule has 0 amide bonds. The number of hydrogen-bond donors (Lipinski definition) is 0. The fourth-order valence-corrected chi connectivity index (χ4v) is 5.03. The maximum absolute atomic E-state index is 13.4. The topological polar surface area (TPSA) is 56.6 Å². The molecule has 0 bridgehead atoms. The minimum absolute atomic E-state index is 0.00441. The zero-order valence-electron chi connectivity index (χ0n) is 23.7. The molecule has 0 fully saturated rings. The maximum atomic E-state index is 13.4. The first-order chi connectivity index (χ1) is 17.9. The summed E-state index contributed by atoms with van der Waals surface area (Å²) in [6.45, 7) is 16.2. The van der Waals surface area contributed by atoms with Crippen molar-refractivity contribution in [1.29, 1.82) is 0 Å². The van der Waals surface area contributed by atoms with E-state index in [2.05, 4.69) is 42.2 Å². The van der Waals surface area contributed by atoms with Crippen molar-refractivity contribution in [1.82, 2.24) is 14.6 Å². The Labute approximate surface area is 226 Å². The minimum Gasteiger partial charge on any atom is -0.382 e. The van der Waals surface area contributed by atoms with Crippen LogP contribution >= 0.6 is 0 Å². The summed E-state index contributed by atoms with van der Waals surface area (Å²) in [5.74, 6) is -0.259. The van der Waals surface area contributed by atoms with Gasteiger partial charge in [0, 0.05) is 32.8 Å². The molecule has 0 saturated heterocycles. The average molecular weight is 538 g/mol. The van der Waals surface area contributed by atoms with Crippen molar-refractivity contribution in [2.24, 2.45) is 0 Å². The highest BCUT2D eigenvalue weighted by Gasteiger charge is 2.18. The van der Waals surface area contributed by atoms with E-state index < -0.39 is 8.07 Å². The molecule has 38 heavy (non-hydrogen) atoms. The second-order valence-electron chi connectivity index (χ2n) is 11.3. The molecule has 0 atom stereocenters. The number of rotatable bonds is 12. The number of halogens is 1. The van der Waals surface area contributed by atoms with Gasteiger partial charge in [-0.05, 0) is 80.9 Å². The van der Waals surface area contributed by atoms with Crippen molar-refractivity contribution in [2.45, 2.75) is 46.0 Å². The van der Waals surface area contributed by atoms with E-state index in [1.54, 1.807) is 18.3 Å². The number of hydrogen-bond acceptors (Lipinski definition) is 5. The molecule has 0 saturated carbocycles. The van der Waals surface area contributed by atoms with Gasteiger partial charge in [0.05, 0.1) is 5.69 Å². The number of pyridine rings is 2. The van der Waals surface area contributed by atoms with Crippen LogP contribution in [0.3, 0.4) is 0 Å². The number of nitrogens with zero attached hydrogens (tertiary/aromatic N) is 3. The number of allylic oxidation sites excluding steroid dienone is 2. The van der Waals surface area contributed by atoms with Gasteiger partial charge in [-0.25, -0.2) is 9.37 Å². The Bertz CT molecular complexity index is 1370. The lowest BCUT2D eigenvalue weighted by Gasteiger charge is -2.20. The minimum atomic E-state index is -1.20. The largest absolute Gasteiger partial charge is 0.382 e. The zero-order valence-corrected chi connectivity index (χ0v) is 24.7. The molecule has 8 heteroatoms. The molecule has 3 rings (SSSR count). The van der Waals surface area contributed by atoms with Crippen LogP contribution in [0.25, 0.3) is 16.5 Å². The third-order valence-electron chi connectivity index (χ3n) is 6.16. The number of ether oxygens (including phenoxy) is 1. The molecule has 0 unspecified atom stereocenters.